The fraction of sp³-hybridized carbons (Fsp3) is 0.875. The van der Waals surface area contributed by atoms with E-state index in [4.69, 9.17) is 4.74 Å². The number of ether oxygens (including phenoxy) is 1. The van der Waals surface area contributed by atoms with E-state index in [1.165, 1.54) is 32.1 Å². The van der Waals surface area contributed by atoms with Gasteiger partial charge in [-0.15, -0.1) is 0 Å². The van der Waals surface area contributed by atoms with Gasteiger partial charge in [-0.05, 0) is 25.7 Å². The molecule has 0 unspecified atom stereocenters. The minimum Gasteiger partial charge on any atom is -0.450 e. The van der Waals surface area contributed by atoms with E-state index in [0.29, 0.717) is 6.61 Å². The predicted octanol–water partition coefficient (Wildman–Crippen LogP) is 2.99. The summed E-state index contributed by atoms with van der Waals surface area (Å²) < 4.78 is 4.87. The van der Waals surface area contributed by atoms with Crippen molar-refractivity contribution >= 4 is 12.0 Å². The van der Waals surface area contributed by atoms with Gasteiger partial charge in [0.25, 0.3) is 0 Å². The normalized spacial score (nSPS) is 18.5. The molecule has 2 amide bonds. The summed E-state index contributed by atoms with van der Waals surface area (Å²) in [6.45, 7) is 5.91. The number of hydrogen-bond acceptors (Lipinski definition) is 3. The molecule has 0 heterocycles. The molecule has 21 heavy (non-hydrogen) atoms. The van der Waals surface area contributed by atoms with Crippen molar-refractivity contribution in [3.63, 3.8) is 0 Å². The van der Waals surface area contributed by atoms with E-state index < -0.39 is 12.1 Å². The molecule has 1 fully saturated rings. The lowest BCUT2D eigenvalue weighted by molar-refractivity contribution is -0.124. The molecule has 1 aliphatic rings. The molecule has 2 N–H and O–H groups in total. The van der Waals surface area contributed by atoms with Crippen molar-refractivity contribution in [1.29, 1.82) is 0 Å². The minimum atomic E-state index is -0.533. The van der Waals surface area contributed by atoms with E-state index >= 15 is 0 Å². The Balaban J connectivity index is 2.52. The Kier molecular flexibility index (Phi) is 8.16. The monoisotopic (exact) mass is 298 g/mol. The zero-order valence-electron chi connectivity index (χ0n) is 13.6. The van der Waals surface area contributed by atoms with Crippen LogP contribution in [0.5, 0.6) is 0 Å². The number of carbonyl (C=O) groups excluding carboxylic acids is 2. The van der Waals surface area contributed by atoms with Crippen LogP contribution in [0.2, 0.25) is 0 Å². The maximum Gasteiger partial charge on any atom is 0.407 e. The van der Waals surface area contributed by atoms with Gasteiger partial charge in [0, 0.05) is 6.04 Å². The average Bonchev–Trinajstić information content (AvgIpc) is 2.38. The highest BCUT2D eigenvalue weighted by Crippen LogP contribution is 2.17. The fourth-order valence-corrected chi connectivity index (χ4v) is 2.73. The molecule has 1 rings (SSSR count). The summed E-state index contributed by atoms with van der Waals surface area (Å²) in [7, 11) is 0. The Morgan fingerprint density at radius 3 is 2.19 bits per heavy atom. The highest BCUT2D eigenvalue weighted by molar-refractivity contribution is 5.86. The third-order valence-electron chi connectivity index (χ3n) is 3.95. The molecule has 0 bridgehead atoms. The predicted molar refractivity (Wildman–Crippen MR) is 83.0 cm³/mol. The third kappa shape index (κ3) is 6.82. The highest BCUT2D eigenvalue weighted by Gasteiger charge is 2.26. The fourth-order valence-electron chi connectivity index (χ4n) is 2.73. The van der Waals surface area contributed by atoms with Crippen LogP contribution in [0.15, 0.2) is 0 Å². The lowest BCUT2D eigenvalue weighted by atomic mass is 9.95. The first kappa shape index (κ1) is 17.8. The molecule has 0 aromatic rings. The molecular formula is C16H30N2O3. The van der Waals surface area contributed by atoms with Gasteiger partial charge >= 0.3 is 6.09 Å². The number of rotatable bonds is 5. The number of amides is 2. The van der Waals surface area contributed by atoms with Crippen molar-refractivity contribution in [2.45, 2.75) is 77.8 Å². The Labute approximate surface area is 128 Å². The third-order valence-corrected chi connectivity index (χ3v) is 3.95. The molecule has 0 spiro atoms. The number of alkyl carbamates (subject to hydrolysis) is 1. The molecule has 0 aromatic carbocycles. The highest BCUT2D eigenvalue weighted by atomic mass is 16.5. The zero-order valence-corrected chi connectivity index (χ0v) is 13.6. The topological polar surface area (TPSA) is 67.4 Å². The van der Waals surface area contributed by atoms with Gasteiger partial charge in [-0.1, -0.05) is 46.0 Å². The number of nitrogens with one attached hydrogen (secondary N) is 2. The van der Waals surface area contributed by atoms with Crippen LogP contribution in [0, 0.1) is 5.92 Å². The van der Waals surface area contributed by atoms with Crippen LogP contribution < -0.4 is 10.6 Å². The second-order valence-corrected chi connectivity index (χ2v) is 6.14. The molecule has 122 valence electrons. The zero-order chi connectivity index (χ0) is 15.7. The number of hydrogen-bond donors (Lipinski definition) is 2. The van der Waals surface area contributed by atoms with Gasteiger partial charge in [0.05, 0.1) is 6.61 Å². The van der Waals surface area contributed by atoms with Crippen LogP contribution in [-0.2, 0) is 9.53 Å². The van der Waals surface area contributed by atoms with Crippen molar-refractivity contribution in [3.8, 4) is 0 Å². The van der Waals surface area contributed by atoms with Crippen LogP contribution in [0.4, 0.5) is 4.79 Å². The van der Waals surface area contributed by atoms with Crippen LogP contribution in [0.3, 0.4) is 0 Å². The standard InChI is InChI=1S/C16H30N2O3/c1-4-21-16(20)18-14(12(2)3)15(19)17-13-10-8-6-5-7-9-11-13/h12-14H,4-11H2,1-3H3,(H,17,19)(H,18,20)/t14-/m1/s1. The van der Waals surface area contributed by atoms with Crippen molar-refractivity contribution < 1.29 is 14.3 Å². The maximum absolute atomic E-state index is 12.4. The van der Waals surface area contributed by atoms with Crippen LogP contribution >= 0.6 is 0 Å². The summed E-state index contributed by atoms with van der Waals surface area (Å²) in [5.74, 6) is -0.0633. The maximum atomic E-state index is 12.4. The molecule has 0 aromatic heterocycles. The van der Waals surface area contributed by atoms with Crippen molar-refractivity contribution in [1.82, 2.24) is 10.6 Å². The lowest BCUT2D eigenvalue weighted by Crippen LogP contribution is -2.52. The molecule has 1 saturated carbocycles. The van der Waals surface area contributed by atoms with Crippen LogP contribution in [-0.4, -0.2) is 30.7 Å². The molecule has 5 heteroatoms. The molecule has 1 atom stereocenters. The van der Waals surface area contributed by atoms with E-state index in [0.717, 1.165) is 12.8 Å². The van der Waals surface area contributed by atoms with E-state index in [-0.39, 0.29) is 17.9 Å². The number of carbonyl (C=O) groups is 2. The second-order valence-electron chi connectivity index (χ2n) is 6.14. The quantitative estimate of drug-likeness (QED) is 0.820. The molecule has 5 nitrogen and oxygen atoms in total. The first-order chi connectivity index (χ1) is 10.0. The summed E-state index contributed by atoms with van der Waals surface area (Å²) in [4.78, 5) is 24.0. The van der Waals surface area contributed by atoms with Crippen LogP contribution in [0.25, 0.3) is 0 Å². The Hall–Kier alpha value is -1.26. The lowest BCUT2D eigenvalue weighted by Gasteiger charge is -2.26. The van der Waals surface area contributed by atoms with Crippen molar-refractivity contribution in [3.05, 3.63) is 0 Å². The van der Waals surface area contributed by atoms with Gasteiger partial charge in [-0.3, -0.25) is 4.79 Å². The summed E-state index contributed by atoms with van der Waals surface area (Å²) in [5.41, 5.74) is 0. The van der Waals surface area contributed by atoms with E-state index in [2.05, 4.69) is 10.6 Å². The van der Waals surface area contributed by atoms with Gasteiger partial charge in [0.1, 0.15) is 6.04 Å². The summed E-state index contributed by atoms with van der Waals surface area (Å²) in [6, 6.07) is -0.294. The molecular weight excluding hydrogens is 268 g/mol. The molecule has 0 saturated heterocycles. The Bertz CT molecular complexity index is 323. The van der Waals surface area contributed by atoms with E-state index in [9.17, 15) is 9.59 Å². The summed E-state index contributed by atoms with van der Waals surface area (Å²) in [5, 5.41) is 5.77. The minimum absolute atomic E-state index is 0.0305. The summed E-state index contributed by atoms with van der Waals surface area (Å²) in [6.07, 6.45) is 7.70. The molecule has 0 aliphatic heterocycles. The largest absolute Gasteiger partial charge is 0.450 e. The van der Waals surface area contributed by atoms with Gasteiger partial charge in [-0.25, -0.2) is 4.79 Å². The second kappa shape index (κ2) is 9.64. The van der Waals surface area contributed by atoms with Gasteiger partial charge in [0.2, 0.25) is 5.91 Å². The first-order valence-corrected chi connectivity index (χ1v) is 8.28. The average molecular weight is 298 g/mol. The molecule has 1 aliphatic carbocycles. The van der Waals surface area contributed by atoms with E-state index in [1.807, 2.05) is 13.8 Å². The smallest absolute Gasteiger partial charge is 0.407 e. The SMILES string of the molecule is CCOC(=O)N[C@@H](C(=O)NC1CCCCCCC1)C(C)C. The Morgan fingerprint density at radius 1 is 1.10 bits per heavy atom. The van der Waals surface area contributed by atoms with Gasteiger partial charge in [-0.2, -0.15) is 0 Å². The van der Waals surface area contributed by atoms with Crippen molar-refractivity contribution in [2.24, 2.45) is 5.92 Å². The van der Waals surface area contributed by atoms with Crippen molar-refractivity contribution in [2.75, 3.05) is 6.61 Å². The Morgan fingerprint density at radius 2 is 1.67 bits per heavy atom. The van der Waals surface area contributed by atoms with E-state index in [1.54, 1.807) is 6.92 Å². The van der Waals surface area contributed by atoms with Gasteiger partial charge < -0.3 is 15.4 Å². The molecule has 0 radical (unpaired) electrons. The summed E-state index contributed by atoms with van der Waals surface area (Å²) >= 11 is 0. The van der Waals surface area contributed by atoms with Crippen LogP contribution in [0.1, 0.15) is 65.7 Å². The van der Waals surface area contributed by atoms with Gasteiger partial charge in [0.15, 0.2) is 0 Å². The first-order valence-electron chi connectivity index (χ1n) is 8.28.